The maximum absolute atomic E-state index is 11.9. The lowest BCUT2D eigenvalue weighted by molar-refractivity contribution is -0.116. The molecule has 0 spiro atoms. The molecule has 0 atom stereocenters. The molecule has 1 N–H and O–H groups in total. The molecule has 1 aromatic carbocycles. The van der Waals surface area contributed by atoms with Crippen LogP contribution < -0.4 is 14.8 Å². The van der Waals surface area contributed by atoms with Crippen molar-refractivity contribution >= 4 is 34.9 Å². The minimum Gasteiger partial charge on any atom is -0.493 e. The SMILES string of the molecule is COc1cc(C=CC(=O)NCc2cnc(C)s2)cc(Cl)c1OC. The number of benzene rings is 1. The fourth-order valence-electron chi connectivity index (χ4n) is 1.93. The lowest BCUT2D eigenvalue weighted by Crippen LogP contribution is -2.19. The van der Waals surface area contributed by atoms with Crippen LogP contribution >= 0.6 is 22.9 Å². The molecule has 1 heterocycles. The zero-order chi connectivity index (χ0) is 16.8. The molecule has 0 aliphatic carbocycles. The van der Waals surface area contributed by atoms with Crippen molar-refractivity contribution in [2.75, 3.05) is 14.2 Å². The Bertz CT molecular complexity index is 728. The average Bonchev–Trinajstić information content (AvgIpc) is 2.95. The van der Waals surface area contributed by atoms with Gasteiger partial charge < -0.3 is 14.8 Å². The van der Waals surface area contributed by atoms with Crippen molar-refractivity contribution in [1.29, 1.82) is 0 Å². The van der Waals surface area contributed by atoms with Crippen LogP contribution in [0.4, 0.5) is 0 Å². The van der Waals surface area contributed by atoms with Gasteiger partial charge in [0.1, 0.15) is 0 Å². The second-order valence-corrected chi connectivity index (χ2v) is 6.36. The summed E-state index contributed by atoms with van der Waals surface area (Å²) in [6, 6.07) is 3.46. The van der Waals surface area contributed by atoms with Crippen LogP contribution in [-0.4, -0.2) is 25.1 Å². The maximum Gasteiger partial charge on any atom is 0.244 e. The molecule has 5 nitrogen and oxygen atoms in total. The number of nitrogens with one attached hydrogen (secondary N) is 1. The number of aryl methyl sites for hydroxylation is 1. The molecule has 0 saturated heterocycles. The highest BCUT2D eigenvalue weighted by Gasteiger charge is 2.09. The fraction of sp³-hybridized carbons (Fsp3) is 0.250. The second kappa shape index (κ2) is 7.99. The van der Waals surface area contributed by atoms with Crippen LogP contribution in [0.5, 0.6) is 11.5 Å². The molecule has 0 saturated carbocycles. The molecule has 1 amide bonds. The third kappa shape index (κ3) is 4.71. The molecule has 0 fully saturated rings. The van der Waals surface area contributed by atoms with Gasteiger partial charge in [0.2, 0.25) is 5.91 Å². The number of hydrogen-bond acceptors (Lipinski definition) is 5. The van der Waals surface area contributed by atoms with E-state index in [1.165, 1.54) is 20.3 Å². The first-order chi connectivity index (χ1) is 11.0. The zero-order valence-corrected chi connectivity index (χ0v) is 14.6. The topological polar surface area (TPSA) is 60.5 Å². The molecular weight excluding hydrogens is 336 g/mol. The molecule has 7 heteroatoms. The Labute approximate surface area is 143 Å². The number of rotatable bonds is 6. The molecule has 122 valence electrons. The van der Waals surface area contributed by atoms with Crippen LogP contribution in [0, 0.1) is 6.92 Å². The van der Waals surface area contributed by atoms with E-state index in [0.29, 0.717) is 23.1 Å². The van der Waals surface area contributed by atoms with E-state index >= 15 is 0 Å². The molecule has 23 heavy (non-hydrogen) atoms. The summed E-state index contributed by atoms with van der Waals surface area (Å²) in [6.07, 6.45) is 4.88. The van der Waals surface area contributed by atoms with E-state index in [1.807, 2.05) is 6.92 Å². The van der Waals surface area contributed by atoms with E-state index in [9.17, 15) is 4.79 Å². The van der Waals surface area contributed by atoms with Crippen molar-refractivity contribution in [2.45, 2.75) is 13.5 Å². The number of hydrogen-bond donors (Lipinski definition) is 1. The monoisotopic (exact) mass is 352 g/mol. The summed E-state index contributed by atoms with van der Waals surface area (Å²) in [7, 11) is 3.05. The van der Waals surface area contributed by atoms with Gasteiger partial charge in [-0.1, -0.05) is 11.6 Å². The van der Waals surface area contributed by atoms with Gasteiger partial charge in [-0.05, 0) is 30.7 Å². The summed E-state index contributed by atoms with van der Waals surface area (Å²) in [5, 5.41) is 4.20. The van der Waals surface area contributed by atoms with Gasteiger partial charge in [-0.3, -0.25) is 4.79 Å². The van der Waals surface area contributed by atoms with Crippen LogP contribution in [0.15, 0.2) is 24.4 Å². The average molecular weight is 353 g/mol. The molecule has 0 aliphatic rings. The minimum absolute atomic E-state index is 0.193. The van der Waals surface area contributed by atoms with Gasteiger partial charge in [0.15, 0.2) is 11.5 Å². The normalized spacial score (nSPS) is 10.8. The first kappa shape index (κ1) is 17.3. The number of aromatic nitrogens is 1. The van der Waals surface area contributed by atoms with Crippen molar-refractivity contribution in [2.24, 2.45) is 0 Å². The summed E-state index contributed by atoms with van der Waals surface area (Å²) >= 11 is 7.68. The fourth-order valence-corrected chi connectivity index (χ4v) is 2.96. The molecule has 0 radical (unpaired) electrons. The number of carbonyl (C=O) groups excluding carboxylic acids is 1. The summed E-state index contributed by atoms with van der Waals surface area (Å²) in [5.41, 5.74) is 0.747. The van der Waals surface area contributed by atoms with Crippen LogP contribution in [-0.2, 0) is 11.3 Å². The van der Waals surface area contributed by atoms with Crippen LogP contribution in [0.25, 0.3) is 6.08 Å². The predicted octanol–water partition coefficient (Wildman–Crippen LogP) is 3.45. The Balaban J connectivity index is 2.01. The smallest absolute Gasteiger partial charge is 0.244 e. The molecule has 2 aromatic rings. The first-order valence-corrected chi connectivity index (χ1v) is 8.01. The minimum atomic E-state index is -0.193. The number of methoxy groups -OCH3 is 2. The van der Waals surface area contributed by atoms with Gasteiger partial charge in [0, 0.05) is 17.2 Å². The molecule has 0 aliphatic heterocycles. The van der Waals surface area contributed by atoms with Gasteiger partial charge in [-0.15, -0.1) is 11.3 Å². The van der Waals surface area contributed by atoms with E-state index in [2.05, 4.69) is 10.3 Å². The van der Waals surface area contributed by atoms with Crippen molar-refractivity contribution in [3.05, 3.63) is 44.9 Å². The summed E-state index contributed by atoms with van der Waals surface area (Å²) in [5.74, 6) is 0.790. The molecule has 2 rings (SSSR count). The maximum atomic E-state index is 11.9. The van der Waals surface area contributed by atoms with E-state index in [-0.39, 0.29) is 5.91 Å². The highest BCUT2D eigenvalue weighted by molar-refractivity contribution is 7.11. The van der Waals surface area contributed by atoms with E-state index in [0.717, 1.165) is 15.4 Å². The van der Waals surface area contributed by atoms with Gasteiger partial charge >= 0.3 is 0 Å². The second-order valence-electron chi connectivity index (χ2n) is 4.63. The number of thiazole rings is 1. The third-order valence-electron chi connectivity index (χ3n) is 2.99. The zero-order valence-electron chi connectivity index (χ0n) is 13.1. The van der Waals surface area contributed by atoms with Crippen LogP contribution in [0.2, 0.25) is 5.02 Å². The standard InChI is InChI=1S/C16H17ClN2O3S/c1-10-18-8-12(23-10)9-19-15(20)5-4-11-6-13(17)16(22-3)14(7-11)21-2/h4-8H,9H2,1-3H3,(H,19,20). The van der Waals surface area contributed by atoms with Crippen LogP contribution in [0.3, 0.4) is 0 Å². The Hall–Kier alpha value is -2.05. The lowest BCUT2D eigenvalue weighted by Gasteiger charge is -2.10. The van der Waals surface area contributed by atoms with E-state index < -0.39 is 0 Å². The highest BCUT2D eigenvalue weighted by atomic mass is 35.5. The molecule has 1 aromatic heterocycles. The summed E-state index contributed by atoms with van der Waals surface area (Å²) < 4.78 is 10.4. The van der Waals surface area contributed by atoms with Gasteiger partial charge in [-0.2, -0.15) is 0 Å². The lowest BCUT2D eigenvalue weighted by atomic mass is 10.2. The van der Waals surface area contributed by atoms with Crippen molar-refractivity contribution < 1.29 is 14.3 Å². The quantitative estimate of drug-likeness (QED) is 0.809. The number of nitrogens with zero attached hydrogens (tertiary/aromatic N) is 1. The van der Waals surface area contributed by atoms with Crippen molar-refractivity contribution in [3.8, 4) is 11.5 Å². The largest absolute Gasteiger partial charge is 0.493 e. The Morgan fingerprint density at radius 2 is 2.17 bits per heavy atom. The summed E-state index contributed by atoms with van der Waals surface area (Å²) in [4.78, 5) is 17.0. The van der Waals surface area contributed by atoms with Gasteiger partial charge in [0.25, 0.3) is 0 Å². The first-order valence-electron chi connectivity index (χ1n) is 6.82. The van der Waals surface area contributed by atoms with Gasteiger partial charge in [0.05, 0.1) is 30.8 Å². The van der Waals surface area contributed by atoms with Crippen molar-refractivity contribution in [3.63, 3.8) is 0 Å². The highest BCUT2D eigenvalue weighted by Crippen LogP contribution is 2.36. The number of amides is 1. The summed E-state index contributed by atoms with van der Waals surface area (Å²) in [6.45, 7) is 2.39. The van der Waals surface area contributed by atoms with E-state index in [4.69, 9.17) is 21.1 Å². The Morgan fingerprint density at radius 3 is 2.78 bits per heavy atom. The Kier molecular flexibility index (Phi) is 6.01. The third-order valence-corrected chi connectivity index (χ3v) is 4.18. The van der Waals surface area contributed by atoms with E-state index in [1.54, 1.807) is 35.7 Å². The molecular formula is C16H17ClN2O3S. The molecule has 0 bridgehead atoms. The molecule has 0 unspecified atom stereocenters. The number of halogens is 1. The van der Waals surface area contributed by atoms with Gasteiger partial charge in [-0.25, -0.2) is 4.98 Å². The van der Waals surface area contributed by atoms with Crippen molar-refractivity contribution in [1.82, 2.24) is 10.3 Å². The Morgan fingerprint density at radius 1 is 1.39 bits per heavy atom. The number of ether oxygens (including phenoxy) is 2. The van der Waals surface area contributed by atoms with Crippen LogP contribution in [0.1, 0.15) is 15.4 Å². The number of carbonyl (C=O) groups is 1. The predicted molar refractivity (Wildman–Crippen MR) is 92.3 cm³/mol.